The summed E-state index contributed by atoms with van der Waals surface area (Å²) in [5.41, 5.74) is 3.97. The first-order valence-electron chi connectivity index (χ1n) is 6.18. The van der Waals surface area contributed by atoms with Gasteiger partial charge in [0.05, 0.1) is 12.0 Å². The number of nitrogens with zero attached hydrogens (tertiary/aromatic N) is 4. The highest BCUT2D eigenvalue weighted by atomic mass is 16.3. The fraction of sp³-hybridized carbons (Fsp3) is 0.133. The lowest BCUT2D eigenvalue weighted by Crippen LogP contribution is -2.02. The van der Waals surface area contributed by atoms with Crippen LogP contribution >= 0.6 is 0 Å². The summed E-state index contributed by atoms with van der Waals surface area (Å²) in [5.74, 6) is 0.576. The van der Waals surface area contributed by atoms with Gasteiger partial charge in [-0.3, -0.25) is 0 Å². The highest BCUT2D eigenvalue weighted by Crippen LogP contribution is 2.27. The molecule has 0 bridgehead atoms. The molecule has 3 aromatic rings. The predicted molar refractivity (Wildman–Crippen MR) is 73.3 cm³/mol. The Morgan fingerprint density at radius 3 is 2.75 bits per heavy atom. The van der Waals surface area contributed by atoms with E-state index in [2.05, 4.69) is 16.4 Å². The topological polar surface area (TPSA) is 67.6 Å². The molecule has 2 heterocycles. The maximum absolute atomic E-state index is 9.19. The summed E-state index contributed by atoms with van der Waals surface area (Å²) in [6.07, 6.45) is 1.57. The Labute approximate surface area is 116 Å². The molecule has 0 aliphatic rings. The first-order chi connectivity index (χ1) is 9.72. The zero-order valence-electron chi connectivity index (χ0n) is 11.2. The van der Waals surface area contributed by atoms with Crippen LogP contribution in [0, 0.1) is 25.2 Å². The quantitative estimate of drug-likeness (QED) is 0.713. The molecule has 3 rings (SSSR count). The van der Waals surface area contributed by atoms with Gasteiger partial charge in [-0.2, -0.15) is 5.26 Å². The van der Waals surface area contributed by atoms with Crippen LogP contribution in [0.15, 0.2) is 41.0 Å². The van der Waals surface area contributed by atoms with Crippen LogP contribution in [0.5, 0.6) is 0 Å². The number of furan rings is 1. The molecule has 0 saturated heterocycles. The van der Waals surface area contributed by atoms with Gasteiger partial charge in [-0.1, -0.05) is 17.3 Å². The van der Waals surface area contributed by atoms with Crippen LogP contribution in [-0.4, -0.2) is 15.0 Å². The van der Waals surface area contributed by atoms with E-state index in [-0.39, 0.29) is 5.69 Å². The van der Waals surface area contributed by atoms with Crippen molar-refractivity contribution in [3.8, 4) is 23.2 Å². The molecule has 98 valence electrons. The zero-order valence-corrected chi connectivity index (χ0v) is 11.2. The van der Waals surface area contributed by atoms with Gasteiger partial charge in [-0.05, 0) is 43.2 Å². The average molecular weight is 264 g/mol. The van der Waals surface area contributed by atoms with Gasteiger partial charge < -0.3 is 4.42 Å². The molecule has 5 nitrogen and oxygen atoms in total. The Hall–Kier alpha value is -2.87. The summed E-state index contributed by atoms with van der Waals surface area (Å²) < 4.78 is 7.05. The molecule has 20 heavy (non-hydrogen) atoms. The molecule has 0 fully saturated rings. The van der Waals surface area contributed by atoms with E-state index in [9.17, 15) is 5.26 Å². The van der Waals surface area contributed by atoms with Gasteiger partial charge in [-0.25, -0.2) is 4.68 Å². The number of hydrogen-bond acceptors (Lipinski definition) is 4. The third-order valence-electron chi connectivity index (χ3n) is 3.33. The van der Waals surface area contributed by atoms with Crippen molar-refractivity contribution in [2.45, 2.75) is 13.8 Å². The molecule has 0 amide bonds. The van der Waals surface area contributed by atoms with Crippen molar-refractivity contribution >= 4 is 0 Å². The molecule has 0 spiro atoms. The highest BCUT2D eigenvalue weighted by molar-refractivity contribution is 5.63. The van der Waals surface area contributed by atoms with Crippen molar-refractivity contribution in [1.82, 2.24) is 15.0 Å². The molecule has 1 aromatic carbocycles. The summed E-state index contributed by atoms with van der Waals surface area (Å²) >= 11 is 0. The lowest BCUT2D eigenvalue weighted by Gasteiger charge is -2.09. The second-order valence-corrected chi connectivity index (χ2v) is 4.51. The third kappa shape index (κ3) is 1.79. The Bertz CT molecular complexity index is 794. The van der Waals surface area contributed by atoms with Crippen LogP contribution in [0.3, 0.4) is 0 Å². The normalized spacial score (nSPS) is 10.4. The van der Waals surface area contributed by atoms with E-state index in [0.29, 0.717) is 11.5 Å². The number of benzene rings is 1. The molecule has 0 radical (unpaired) electrons. The Morgan fingerprint density at radius 1 is 1.20 bits per heavy atom. The van der Waals surface area contributed by atoms with Gasteiger partial charge >= 0.3 is 0 Å². The van der Waals surface area contributed by atoms with Gasteiger partial charge in [0.15, 0.2) is 11.5 Å². The summed E-state index contributed by atoms with van der Waals surface area (Å²) in [6, 6.07) is 11.6. The molecular weight excluding hydrogens is 252 g/mol. The standard InChI is InChI=1S/C15H12N4O/c1-10-5-3-6-13(11(10)2)19-15(12(9-16)17-18-19)14-7-4-8-20-14/h3-8H,1-2H3. The van der Waals surface area contributed by atoms with E-state index in [1.54, 1.807) is 23.1 Å². The molecule has 5 heteroatoms. The minimum absolute atomic E-state index is 0.251. The number of aryl methyl sites for hydroxylation is 1. The third-order valence-corrected chi connectivity index (χ3v) is 3.33. The van der Waals surface area contributed by atoms with Crippen LogP contribution < -0.4 is 0 Å². The summed E-state index contributed by atoms with van der Waals surface area (Å²) in [6.45, 7) is 4.05. The van der Waals surface area contributed by atoms with Gasteiger partial charge in [-0.15, -0.1) is 5.10 Å². The fourth-order valence-electron chi connectivity index (χ4n) is 2.13. The van der Waals surface area contributed by atoms with Crippen LogP contribution in [0.2, 0.25) is 0 Å². The molecule has 0 saturated carbocycles. The first-order valence-corrected chi connectivity index (χ1v) is 6.18. The summed E-state index contributed by atoms with van der Waals surface area (Å²) in [5, 5.41) is 17.2. The van der Waals surface area contributed by atoms with Crippen molar-refractivity contribution in [1.29, 1.82) is 5.26 Å². The van der Waals surface area contributed by atoms with Crippen molar-refractivity contribution in [2.75, 3.05) is 0 Å². The highest BCUT2D eigenvalue weighted by Gasteiger charge is 2.19. The zero-order chi connectivity index (χ0) is 14.1. The minimum Gasteiger partial charge on any atom is -0.463 e. The number of nitriles is 1. The fourth-order valence-corrected chi connectivity index (χ4v) is 2.13. The van der Waals surface area contributed by atoms with Crippen molar-refractivity contribution in [3.05, 3.63) is 53.4 Å². The Kier molecular flexibility index (Phi) is 2.84. The first kappa shape index (κ1) is 12.2. The SMILES string of the molecule is Cc1cccc(-n2nnc(C#N)c2-c2ccco2)c1C. The van der Waals surface area contributed by atoms with Gasteiger partial charge in [0, 0.05) is 0 Å². The maximum atomic E-state index is 9.19. The van der Waals surface area contributed by atoms with Gasteiger partial charge in [0.2, 0.25) is 0 Å². The Morgan fingerprint density at radius 2 is 2.05 bits per heavy atom. The number of rotatable bonds is 2. The molecule has 2 aromatic heterocycles. The molecule has 0 aliphatic carbocycles. The monoisotopic (exact) mass is 264 g/mol. The second kappa shape index (κ2) is 4.67. The van der Waals surface area contributed by atoms with Crippen molar-refractivity contribution < 1.29 is 4.42 Å². The molecule has 0 aliphatic heterocycles. The molecule has 0 atom stereocenters. The predicted octanol–water partition coefficient (Wildman–Crippen LogP) is 3.02. The second-order valence-electron chi connectivity index (χ2n) is 4.51. The molecule has 0 unspecified atom stereocenters. The molecular formula is C15H12N4O. The molecule has 0 N–H and O–H groups in total. The van der Waals surface area contributed by atoms with E-state index < -0.39 is 0 Å². The Balaban J connectivity index is 2.29. The van der Waals surface area contributed by atoms with Crippen molar-refractivity contribution in [2.24, 2.45) is 0 Å². The maximum Gasteiger partial charge on any atom is 0.194 e. The van der Waals surface area contributed by atoms with Crippen LogP contribution in [0.25, 0.3) is 17.1 Å². The lowest BCUT2D eigenvalue weighted by molar-refractivity contribution is 0.576. The summed E-state index contributed by atoms with van der Waals surface area (Å²) in [7, 11) is 0. The van der Waals surface area contributed by atoms with E-state index in [1.165, 1.54) is 0 Å². The number of hydrogen-bond donors (Lipinski definition) is 0. The lowest BCUT2D eigenvalue weighted by atomic mass is 10.1. The minimum atomic E-state index is 0.251. The van der Waals surface area contributed by atoms with Gasteiger partial charge in [0.25, 0.3) is 0 Å². The van der Waals surface area contributed by atoms with Crippen LogP contribution in [-0.2, 0) is 0 Å². The summed E-state index contributed by atoms with van der Waals surface area (Å²) in [4.78, 5) is 0. The van der Waals surface area contributed by atoms with E-state index >= 15 is 0 Å². The largest absolute Gasteiger partial charge is 0.463 e. The van der Waals surface area contributed by atoms with E-state index in [4.69, 9.17) is 4.42 Å². The van der Waals surface area contributed by atoms with Crippen LogP contribution in [0.4, 0.5) is 0 Å². The van der Waals surface area contributed by atoms with E-state index in [0.717, 1.165) is 16.8 Å². The number of aromatic nitrogens is 3. The average Bonchev–Trinajstić information content (AvgIpc) is 3.09. The van der Waals surface area contributed by atoms with Crippen molar-refractivity contribution in [3.63, 3.8) is 0 Å². The van der Waals surface area contributed by atoms with E-state index in [1.807, 2.05) is 32.0 Å². The smallest absolute Gasteiger partial charge is 0.194 e. The van der Waals surface area contributed by atoms with Gasteiger partial charge in [0.1, 0.15) is 11.8 Å². The van der Waals surface area contributed by atoms with Crippen LogP contribution in [0.1, 0.15) is 16.8 Å².